The van der Waals surface area contributed by atoms with Gasteiger partial charge in [0.15, 0.2) is 5.79 Å². The molecule has 2 heterocycles. The van der Waals surface area contributed by atoms with Gasteiger partial charge in [0.05, 0.1) is 18.2 Å². The topological polar surface area (TPSA) is 44.5 Å². The van der Waals surface area contributed by atoms with Crippen molar-refractivity contribution in [3.8, 4) is 0 Å². The van der Waals surface area contributed by atoms with Crippen LogP contribution in [0.1, 0.15) is 22.4 Å². The lowest BCUT2D eigenvalue weighted by molar-refractivity contribution is -0.163. The summed E-state index contributed by atoms with van der Waals surface area (Å²) >= 11 is 1.70. The Kier molecular flexibility index (Phi) is 2.06. The first-order valence-corrected chi connectivity index (χ1v) is 6.16. The number of anilines is 1. The maximum atomic E-state index is 5.94. The van der Waals surface area contributed by atoms with Crippen molar-refractivity contribution in [2.24, 2.45) is 0 Å². The zero-order valence-electron chi connectivity index (χ0n) is 8.84. The average molecular weight is 225 g/mol. The molecule has 1 aromatic heterocycles. The van der Waals surface area contributed by atoms with E-state index in [0.717, 1.165) is 37.5 Å². The summed E-state index contributed by atoms with van der Waals surface area (Å²) in [5.41, 5.74) is 8.64. The molecule has 1 fully saturated rings. The molecule has 0 atom stereocenters. The van der Waals surface area contributed by atoms with Crippen molar-refractivity contribution in [2.45, 2.75) is 32.0 Å². The van der Waals surface area contributed by atoms with E-state index < -0.39 is 0 Å². The fourth-order valence-electron chi connectivity index (χ4n) is 2.49. The molecule has 0 radical (unpaired) electrons. The van der Waals surface area contributed by atoms with E-state index in [4.69, 9.17) is 15.2 Å². The molecular weight excluding hydrogens is 210 g/mol. The Morgan fingerprint density at radius 2 is 2.07 bits per heavy atom. The van der Waals surface area contributed by atoms with Crippen LogP contribution in [0.5, 0.6) is 0 Å². The number of hydrogen-bond donors (Lipinski definition) is 1. The minimum absolute atomic E-state index is 0.323. The van der Waals surface area contributed by atoms with Crippen molar-refractivity contribution < 1.29 is 9.47 Å². The molecule has 15 heavy (non-hydrogen) atoms. The molecule has 0 amide bonds. The maximum Gasteiger partial charge on any atom is 0.173 e. The van der Waals surface area contributed by atoms with Gasteiger partial charge in [0.25, 0.3) is 0 Å². The Labute approximate surface area is 93.2 Å². The summed E-state index contributed by atoms with van der Waals surface area (Å²) in [5, 5.41) is 0.954. The molecule has 4 heteroatoms. The van der Waals surface area contributed by atoms with Gasteiger partial charge in [-0.15, -0.1) is 11.3 Å². The highest BCUT2D eigenvalue weighted by atomic mass is 32.1. The predicted molar refractivity (Wildman–Crippen MR) is 60.1 cm³/mol. The van der Waals surface area contributed by atoms with Gasteiger partial charge in [-0.3, -0.25) is 0 Å². The van der Waals surface area contributed by atoms with E-state index in [0.29, 0.717) is 0 Å². The van der Waals surface area contributed by atoms with Crippen LogP contribution in [-0.2, 0) is 22.3 Å². The summed E-state index contributed by atoms with van der Waals surface area (Å²) in [7, 11) is 0. The van der Waals surface area contributed by atoms with Crippen molar-refractivity contribution >= 4 is 16.3 Å². The van der Waals surface area contributed by atoms with Crippen molar-refractivity contribution in [1.82, 2.24) is 0 Å². The zero-order valence-corrected chi connectivity index (χ0v) is 9.65. The fraction of sp³-hybridized carbons (Fsp3) is 0.636. The third kappa shape index (κ3) is 1.40. The van der Waals surface area contributed by atoms with Crippen LogP contribution >= 0.6 is 11.3 Å². The quantitative estimate of drug-likeness (QED) is 0.733. The molecule has 3 nitrogen and oxygen atoms in total. The van der Waals surface area contributed by atoms with Crippen molar-refractivity contribution in [3.05, 3.63) is 16.0 Å². The van der Waals surface area contributed by atoms with E-state index in [1.165, 1.54) is 16.0 Å². The third-order valence-corrected chi connectivity index (χ3v) is 4.55. The monoisotopic (exact) mass is 225 g/mol. The van der Waals surface area contributed by atoms with Crippen LogP contribution in [-0.4, -0.2) is 19.0 Å². The molecule has 3 rings (SSSR count). The molecule has 1 aromatic rings. The second-order valence-corrected chi connectivity index (χ2v) is 5.41. The van der Waals surface area contributed by atoms with Crippen LogP contribution in [0.3, 0.4) is 0 Å². The van der Waals surface area contributed by atoms with E-state index in [1.807, 2.05) is 0 Å². The van der Waals surface area contributed by atoms with Crippen molar-refractivity contribution in [1.29, 1.82) is 0 Å². The van der Waals surface area contributed by atoms with Crippen LogP contribution in [0.15, 0.2) is 0 Å². The Morgan fingerprint density at radius 1 is 1.33 bits per heavy atom. The smallest absolute Gasteiger partial charge is 0.173 e. The van der Waals surface area contributed by atoms with E-state index in [2.05, 4.69) is 6.92 Å². The Hall–Kier alpha value is -0.580. The Balaban J connectivity index is 1.96. The minimum atomic E-state index is -0.323. The largest absolute Gasteiger partial charge is 0.390 e. The first-order chi connectivity index (χ1) is 7.20. The summed E-state index contributed by atoms with van der Waals surface area (Å²) in [5.74, 6) is -0.323. The number of nitrogen functional groups attached to an aromatic ring is 1. The van der Waals surface area contributed by atoms with Crippen molar-refractivity contribution in [2.75, 3.05) is 18.9 Å². The summed E-state index contributed by atoms with van der Waals surface area (Å²) in [6.45, 7) is 3.57. The Bertz CT molecular complexity index is 394. The summed E-state index contributed by atoms with van der Waals surface area (Å²) in [4.78, 5) is 1.36. The Morgan fingerprint density at radius 3 is 2.80 bits per heavy atom. The molecule has 1 spiro atoms. The first-order valence-electron chi connectivity index (χ1n) is 5.35. The maximum absolute atomic E-state index is 5.94. The number of fused-ring (bicyclic) bond motifs is 1. The van der Waals surface area contributed by atoms with Gasteiger partial charge in [0.1, 0.15) is 0 Å². The highest BCUT2D eigenvalue weighted by molar-refractivity contribution is 7.16. The zero-order chi connectivity index (χ0) is 10.5. The lowest BCUT2D eigenvalue weighted by Gasteiger charge is -2.31. The van der Waals surface area contributed by atoms with Crippen LogP contribution in [0.25, 0.3) is 0 Å². The number of nitrogens with two attached hydrogens (primary N) is 1. The summed E-state index contributed by atoms with van der Waals surface area (Å²) in [6.07, 6.45) is 2.89. The highest BCUT2D eigenvalue weighted by Gasteiger charge is 2.41. The summed E-state index contributed by atoms with van der Waals surface area (Å²) < 4.78 is 11.5. The van der Waals surface area contributed by atoms with Crippen molar-refractivity contribution in [3.63, 3.8) is 0 Å². The van der Waals surface area contributed by atoms with Gasteiger partial charge in [-0.25, -0.2) is 0 Å². The van der Waals surface area contributed by atoms with Gasteiger partial charge >= 0.3 is 0 Å². The van der Waals surface area contributed by atoms with Gasteiger partial charge in [-0.1, -0.05) is 0 Å². The molecule has 0 aromatic carbocycles. The number of hydrogen-bond acceptors (Lipinski definition) is 4. The molecule has 0 bridgehead atoms. The van der Waals surface area contributed by atoms with Crippen LogP contribution in [0.4, 0.5) is 5.00 Å². The normalized spacial score (nSPS) is 23.3. The highest BCUT2D eigenvalue weighted by Crippen LogP contribution is 2.42. The second kappa shape index (κ2) is 3.20. The number of thiophene rings is 1. The standard InChI is InChI=1S/C11H15NO2S/c1-7-8-2-3-11(13-4-5-14-11)6-9(8)15-10(7)12/h2-6,12H2,1H3. The van der Waals surface area contributed by atoms with Gasteiger partial charge in [-0.05, 0) is 24.5 Å². The van der Waals surface area contributed by atoms with E-state index in [-0.39, 0.29) is 5.79 Å². The lowest BCUT2D eigenvalue weighted by atomic mass is 9.91. The molecule has 0 saturated carbocycles. The van der Waals surface area contributed by atoms with Gasteiger partial charge in [0.2, 0.25) is 0 Å². The van der Waals surface area contributed by atoms with E-state index >= 15 is 0 Å². The molecule has 1 saturated heterocycles. The molecule has 1 aliphatic carbocycles. The molecular formula is C11H15NO2S. The van der Waals surface area contributed by atoms with Gasteiger partial charge < -0.3 is 15.2 Å². The summed E-state index contributed by atoms with van der Waals surface area (Å²) in [6, 6.07) is 0. The SMILES string of the molecule is Cc1c(N)sc2c1CCC1(C2)OCCO1. The van der Waals surface area contributed by atoms with Crippen LogP contribution in [0, 0.1) is 6.92 Å². The number of ether oxygens (including phenoxy) is 2. The lowest BCUT2D eigenvalue weighted by Crippen LogP contribution is -2.36. The van der Waals surface area contributed by atoms with E-state index in [1.54, 1.807) is 11.3 Å². The minimum Gasteiger partial charge on any atom is -0.390 e. The first kappa shape index (κ1) is 9.63. The van der Waals surface area contributed by atoms with Gasteiger partial charge in [0, 0.05) is 17.7 Å². The molecule has 1 aliphatic heterocycles. The van der Waals surface area contributed by atoms with Gasteiger partial charge in [-0.2, -0.15) is 0 Å². The average Bonchev–Trinajstić information content (AvgIpc) is 2.75. The molecule has 2 aliphatic rings. The second-order valence-electron chi connectivity index (χ2n) is 4.28. The van der Waals surface area contributed by atoms with E-state index in [9.17, 15) is 0 Å². The molecule has 2 N–H and O–H groups in total. The van der Waals surface area contributed by atoms with Crippen LogP contribution in [0.2, 0.25) is 0 Å². The van der Waals surface area contributed by atoms with Crippen LogP contribution < -0.4 is 5.73 Å². The third-order valence-electron chi connectivity index (χ3n) is 3.39. The fourth-order valence-corrected chi connectivity index (χ4v) is 3.70. The molecule has 82 valence electrons. The molecule has 0 unspecified atom stereocenters. The number of rotatable bonds is 0. The predicted octanol–water partition coefficient (Wildman–Crippen LogP) is 1.87.